The summed E-state index contributed by atoms with van der Waals surface area (Å²) in [6.07, 6.45) is 4.46. The number of fused-ring (bicyclic) bond motifs is 1. The molecule has 0 spiro atoms. The number of nitriles is 1. The van der Waals surface area contributed by atoms with Gasteiger partial charge in [0.1, 0.15) is 6.07 Å². The highest BCUT2D eigenvalue weighted by atomic mass is 35.5. The second-order valence-electron chi connectivity index (χ2n) is 8.52. The van der Waals surface area contributed by atoms with E-state index in [-0.39, 0.29) is 16.9 Å². The fourth-order valence-corrected chi connectivity index (χ4v) is 4.93. The van der Waals surface area contributed by atoms with Crippen molar-refractivity contribution in [1.82, 2.24) is 10.2 Å². The van der Waals surface area contributed by atoms with Crippen LogP contribution in [0.4, 0.5) is 4.39 Å². The maximum absolute atomic E-state index is 14.6. The molecule has 1 saturated carbocycles. The van der Waals surface area contributed by atoms with Crippen LogP contribution in [0.1, 0.15) is 40.7 Å². The molecule has 0 atom stereocenters. The van der Waals surface area contributed by atoms with E-state index in [9.17, 15) is 14.4 Å². The Labute approximate surface area is 216 Å². The second kappa shape index (κ2) is 9.62. The summed E-state index contributed by atoms with van der Waals surface area (Å²) < 4.78 is 14.6. The van der Waals surface area contributed by atoms with Crippen molar-refractivity contribution in [3.63, 3.8) is 0 Å². The number of aromatic amines is 1. The van der Waals surface area contributed by atoms with Crippen molar-refractivity contribution >= 4 is 57.3 Å². The van der Waals surface area contributed by atoms with Gasteiger partial charge in [-0.15, -0.1) is 5.10 Å². The van der Waals surface area contributed by atoms with Crippen molar-refractivity contribution in [3.8, 4) is 6.07 Å². The van der Waals surface area contributed by atoms with E-state index in [1.807, 2.05) is 18.2 Å². The van der Waals surface area contributed by atoms with E-state index in [2.05, 4.69) is 16.3 Å². The number of benzene rings is 3. The molecule has 1 aliphatic rings. The molecule has 1 aliphatic carbocycles. The number of hydrogen-bond acceptors (Lipinski definition) is 3. The molecule has 0 unspecified atom stereocenters. The number of nitrogens with zero attached hydrogens (tertiary/aromatic N) is 2. The Balaban J connectivity index is 1.82. The average Bonchev–Trinajstić information content (AvgIpc) is 3.63. The van der Waals surface area contributed by atoms with Crippen molar-refractivity contribution in [2.45, 2.75) is 12.8 Å². The van der Waals surface area contributed by atoms with E-state index in [4.69, 9.17) is 28.3 Å². The zero-order valence-electron chi connectivity index (χ0n) is 18.7. The highest BCUT2D eigenvalue weighted by Crippen LogP contribution is 2.50. The van der Waals surface area contributed by atoms with Crippen molar-refractivity contribution < 1.29 is 14.3 Å². The Bertz CT molecular complexity index is 1610. The molecule has 3 aromatic carbocycles. The number of carboxylic acids is 1. The summed E-state index contributed by atoms with van der Waals surface area (Å²) in [5.41, 5.74) is 5.16. The van der Waals surface area contributed by atoms with Gasteiger partial charge in [-0.3, -0.25) is 5.10 Å². The van der Waals surface area contributed by atoms with Crippen LogP contribution in [-0.4, -0.2) is 21.3 Å². The number of H-pyrrole nitrogens is 1. The van der Waals surface area contributed by atoms with Crippen LogP contribution in [0.3, 0.4) is 0 Å². The standard InChI is InChI=1S/C28H18Cl2FN3O2/c29-18-8-9-20(22(30)13-18)26(17-6-7-17)25(16-4-1-15(2-5-16)3-12-24(35)36)19-10-11-23-27(21(19)14-32)28(31)34-33-23/h1-5,8-13,17H,6-7H2,(H,33,34)(H,35,36)/b12-3+,26-25+. The van der Waals surface area contributed by atoms with E-state index in [1.165, 1.54) is 6.08 Å². The molecule has 1 fully saturated rings. The summed E-state index contributed by atoms with van der Waals surface area (Å²) >= 11 is 12.8. The van der Waals surface area contributed by atoms with Gasteiger partial charge in [0.15, 0.2) is 0 Å². The largest absolute Gasteiger partial charge is 0.478 e. The van der Waals surface area contributed by atoms with Crippen LogP contribution in [0, 0.1) is 23.2 Å². The number of allylic oxidation sites excluding steroid dienone is 1. The molecular weight excluding hydrogens is 500 g/mol. The summed E-state index contributed by atoms with van der Waals surface area (Å²) in [5, 5.41) is 26.5. The minimum absolute atomic E-state index is 0.130. The molecular formula is C28H18Cl2FN3O2. The Morgan fingerprint density at radius 3 is 2.47 bits per heavy atom. The van der Waals surface area contributed by atoms with Gasteiger partial charge in [0, 0.05) is 21.7 Å². The topological polar surface area (TPSA) is 89.8 Å². The summed E-state index contributed by atoms with van der Waals surface area (Å²) in [5.74, 6) is -1.58. The molecule has 2 N–H and O–H groups in total. The molecule has 0 amide bonds. The number of carboxylic acid groups (broad SMARTS) is 1. The summed E-state index contributed by atoms with van der Waals surface area (Å²) in [4.78, 5) is 10.9. The maximum atomic E-state index is 14.6. The average molecular weight is 518 g/mol. The molecule has 8 heteroatoms. The Morgan fingerprint density at radius 1 is 1.11 bits per heavy atom. The third-order valence-electron chi connectivity index (χ3n) is 6.16. The van der Waals surface area contributed by atoms with Gasteiger partial charge in [-0.05, 0) is 70.9 Å². The van der Waals surface area contributed by atoms with E-state index < -0.39 is 11.9 Å². The van der Waals surface area contributed by atoms with Crippen molar-refractivity contribution in [3.05, 3.63) is 104 Å². The van der Waals surface area contributed by atoms with Crippen LogP contribution >= 0.6 is 23.2 Å². The number of hydrogen-bond donors (Lipinski definition) is 2. The Hall–Kier alpha value is -3.92. The van der Waals surface area contributed by atoms with Crippen molar-refractivity contribution in [2.24, 2.45) is 5.92 Å². The van der Waals surface area contributed by atoms with Gasteiger partial charge >= 0.3 is 5.97 Å². The number of nitrogens with one attached hydrogen (secondary N) is 1. The first-order chi connectivity index (χ1) is 17.4. The fraction of sp³-hybridized carbons (Fsp3) is 0.107. The molecule has 36 heavy (non-hydrogen) atoms. The predicted octanol–water partition coefficient (Wildman–Crippen LogP) is 7.35. The van der Waals surface area contributed by atoms with Gasteiger partial charge in [-0.1, -0.05) is 59.6 Å². The quantitative estimate of drug-likeness (QED) is 0.206. The van der Waals surface area contributed by atoms with Gasteiger partial charge in [0.25, 0.3) is 0 Å². The molecule has 4 aromatic rings. The lowest BCUT2D eigenvalue weighted by atomic mass is 9.84. The summed E-state index contributed by atoms with van der Waals surface area (Å²) in [7, 11) is 0. The molecule has 5 rings (SSSR count). The molecule has 0 radical (unpaired) electrons. The molecule has 0 bridgehead atoms. The zero-order valence-corrected chi connectivity index (χ0v) is 20.2. The number of aromatic nitrogens is 2. The van der Waals surface area contributed by atoms with Crippen molar-refractivity contribution in [1.29, 1.82) is 5.26 Å². The molecule has 1 aromatic heterocycles. The van der Waals surface area contributed by atoms with Crippen LogP contribution in [0.5, 0.6) is 0 Å². The smallest absolute Gasteiger partial charge is 0.328 e. The van der Waals surface area contributed by atoms with Gasteiger partial charge in [-0.2, -0.15) is 9.65 Å². The van der Waals surface area contributed by atoms with E-state index in [0.717, 1.165) is 41.2 Å². The first kappa shape index (κ1) is 23.8. The molecule has 0 saturated heterocycles. The highest BCUT2D eigenvalue weighted by Gasteiger charge is 2.33. The number of rotatable bonds is 6. The minimum atomic E-state index is -1.04. The lowest BCUT2D eigenvalue weighted by Gasteiger charge is -2.19. The van der Waals surface area contributed by atoms with Crippen LogP contribution in [0.2, 0.25) is 10.0 Å². The molecule has 5 nitrogen and oxygen atoms in total. The van der Waals surface area contributed by atoms with Crippen LogP contribution in [0.25, 0.3) is 28.1 Å². The Morgan fingerprint density at radius 2 is 1.83 bits per heavy atom. The van der Waals surface area contributed by atoms with Gasteiger partial charge in [0.05, 0.1) is 16.5 Å². The van der Waals surface area contributed by atoms with Gasteiger partial charge in [-0.25, -0.2) is 4.79 Å². The highest BCUT2D eigenvalue weighted by molar-refractivity contribution is 6.36. The summed E-state index contributed by atoms with van der Waals surface area (Å²) in [6.45, 7) is 0. The lowest BCUT2D eigenvalue weighted by molar-refractivity contribution is -0.131. The van der Waals surface area contributed by atoms with Crippen LogP contribution in [0.15, 0.2) is 60.7 Å². The Kier molecular flexibility index (Phi) is 6.36. The normalized spacial score (nSPS) is 14.2. The van der Waals surface area contributed by atoms with Crippen LogP contribution in [-0.2, 0) is 4.79 Å². The van der Waals surface area contributed by atoms with Gasteiger partial charge in [0.2, 0.25) is 5.95 Å². The van der Waals surface area contributed by atoms with Crippen molar-refractivity contribution in [2.75, 3.05) is 0 Å². The molecule has 1 heterocycles. The maximum Gasteiger partial charge on any atom is 0.328 e. The van der Waals surface area contributed by atoms with E-state index in [1.54, 1.807) is 36.4 Å². The zero-order chi connectivity index (χ0) is 25.4. The molecule has 0 aliphatic heterocycles. The number of aliphatic carboxylic acids is 1. The minimum Gasteiger partial charge on any atom is -0.478 e. The fourth-order valence-electron chi connectivity index (χ4n) is 4.42. The lowest BCUT2D eigenvalue weighted by Crippen LogP contribution is -2.01. The van der Waals surface area contributed by atoms with E-state index >= 15 is 0 Å². The predicted molar refractivity (Wildman–Crippen MR) is 139 cm³/mol. The first-order valence-corrected chi connectivity index (χ1v) is 11.9. The van der Waals surface area contributed by atoms with Crippen LogP contribution < -0.4 is 0 Å². The van der Waals surface area contributed by atoms with Gasteiger partial charge < -0.3 is 5.11 Å². The molecule has 178 valence electrons. The van der Waals surface area contributed by atoms with E-state index in [0.29, 0.717) is 26.7 Å². The number of halogens is 3. The monoisotopic (exact) mass is 517 g/mol. The number of carbonyl (C=O) groups is 1. The second-order valence-corrected chi connectivity index (χ2v) is 9.36. The summed E-state index contributed by atoms with van der Waals surface area (Å²) in [6, 6.07) is 18.3. The third kappa shape index (κ3) is 4.51. The third-order valence-corrected chi connectivity index (χ3v) is 6.71. The first-order valence-electron chi connectivity index (χ1n) is 11.2. The SMILES string of the molecule is N#Cc1c(/C(=C(/c2ccc(Cl)cc2Cl)C2CC2)c2ccc(/C=C/C(=O)O)cc2)ccc2[nH]nc(F)c12.